The summed E-state index contributed by atoms with van der Waals surface area (Å²) in [6.07, 6.45) is 2.07. The number of esters is 1. The van der Waals surface area contributed by atoms with Crippen molar-refractivity contribution in [1.29, 1.82) is 0 Å². The minimum absolute atomic E-state index is 0.0246. The van der Waals surface area contributed by atoms with E-state index < -0.39 is 22.9 Å². The van der Waals surface area contributed by atoms with Gasteiger partial charge in [-0.3, -0.25) is 14.9 Å². The van der Waals surface area contributed by atoms with Gasteiger partial charge in [0.1, 0.15) is 12.5 Å². The molecule has 27 heavy (non-hydrogen) atoms. The summed E-state index contributed by atoms with van der Waals surface area (Å²) >= 11 is 0. The van der Waals surface area contributed by atoms with Crippen LogP contribution in [0.5, 0.6) is 0 Å². The number of hydrogen-bond donors (Lipinski definition) is 0. The van der Waals surface area contributed by atoms with Crippen molar-refractivity contribution in [3.63, 3.8) is 0 Å². The quantitative estimate of drug-likeness (QED) is 0.381. The Hall–Kier alpha value is -3.48. The number of rotatable bonds is 6. The molecule has 7 nitrogen and oxygen atoms in total. The highest BCUT2D eigenvalue weighted by molar-refractivity contribution is 5.76. The first-order valence-electron chi connectivity index (χ1n) is 8.63. The van der Waals surface area contributed by atoms with Crippen LogP contribution in [0, 0.1) is 16.0 Å². The second-order valence-electron chi connectivity index (χ2n) is 6.45. The summed E-state index contributed by atoms with van der Waals surface area (Å²) in [4.78, 5) is 22.4. The van der Waals surface area contributed by atoms with E-state index in [9.17, 15) is 14.9 Å². The molecule has 0 bridgehead atoms. The average molecular weight is 363 g/mol. The van der Waals surface area contributed by atoms with Gasteiger partial charge in [-0.2, -0.15) is 5.10 Å². The molecule has 0 spiro atoms. The Morgan fingerprint density at radius 3 is 2.44 bits per heavy atom. The molecular formula is C20H17N3O4. The molecule has 4 rings (SSSR count). The van der Waals surface area contributed by atoms with Crippen molar-refractivity contribution in [2.45, 2.75) is 19.1 Å². The standard InChI is InChI=1S/C20H17N3O4/c24-20(17-11-18(17)23(25)26)27-13-15-12-22(16-9-5-2-6-10-16)21-19(15)14-7-3-1-4-8-14/h1-10,12,17-18H,11,13H2. The lowest BCUT2D eigenvalue weighted by Crippen LogP contribution is -2.13. The van der Waals surface area contributed by atoms with E-state index in [-0.39, 0.29) is 13.0 Å². The van der Waals surface area contributed by atoms with Crippen LogP contribution < -0.4 is 0 Å². The minimum atomic E-state index is -0.807. The lowest BCUT2D eigenvalue weighted by molar-refractivity contribution is -0.497. The van der Waals surface area contributed by atoms with Crippen molar-refractivity contribution in [2.24, 2.45) is 5.92 Å². The molecule has 7 heteroatoms. The van der Waals surface area contributed by atoms with Crippen LogP contribution in [0.15, 0.2) is 66.9 Å². The molecule has 2 aromatic carbocycles. The Kier molecular flexibility index (Phi) is 4.42. The van der Waals surface area contributed by atoms with Crippen LogP contribution >= 0.6 is 0 Å². The predicted molar refractivity (Wildman–Crippen MR) is 97.7 cm³/mol. The predicted octanol–water partition coefficient (Wildman–Crippen LogP) is 3.25. The van der Waals surface area contributed by atoms with E-state index in [1.165, 1.54) is 0 Å². The SMILES string of the molecule is O=C(OCc1cn(-c2ccccc2)nc1-c1ccccc1)C1CC1[N+](=O)[O-]. The summed E-state index contributed by atoms with van der Waals surface area (Å²) < 4.78 is 7.09. The Morgan fingerprint density at radius 1 is 1.15 bits per heavy atom. The molecule has 0 saturated heterocycles. The maximum Gasteiger partial charge on any atom is 0.316 e. The average Bonchev–Trinajstić information content (AvgIpc) is 3.40. The molecule has 2 unspecified atom stereocenters. The molecule has 1 saturated carbocycles. The van der Waals surface area contributed by atoms with Crippen LogP contribution in [0.25, 0.3) is 16.9 Å². The van der Waals surface area contributed by atoms with Crippen LogP contribution in [-0.4, -0.2) is 26.7 Å². The van der Waals surface area contributed by atoms with Gasteiger partial charge in [0.15, 0.2) is 0 Å². The van der Waals surface area contributed by atoms with E-state index in [1.807, 2.05) is 66.9 Å². The molecule has 0 radical (unpaired) electrons. The van der Waals surface area contributed by atoms with Crippen LogP contribution in [0.4, 0.5) is 0 Å². The topological polar surface area (TPSA) is 87.3 Å². The van der Waals surface area contributed by atoms with Crippen LogP contribution in [0.3, 0.4) is 0 Å². The summed E-state index contributed by atoms with van der Waals surface area (Å²) in [5.41, 5.74) is 3.27. The van der Waals surface area contributed by atoms with E-state index in [0.717, 1.165) is 16.8 Å². The minimum Gasteiger partial charge on any atom is -0.460 e. The second-order valence-corrected chi connectivity index (χ2v) is 6.45. The van der Waals surface area contributed by atoms with E-state index in [0.29, 0.717) is 5.69 Å². The lowest BCUT2D eigenvalue weighted by atomic mass is 10.1. The van der Waals surface area contributed by atoms with Crippen molar-refractivity contribution in [2.75, 3.05) is 0 Å². The van der Waals surface area contributed by atoms with Gasteiger partial charge in [0.25, 0.3) is 0 Å². The highest BCUT2D eigenvalue weighted by Crippen LogP contribution is 2.34. The summed E-state index contributed by atoms with van der Waals surface area (Å²) in [5.74, 6) is -1.16. The van der Waals surface area contributed by atoms with Crippen LogP contribution in [0.2, 0.25) is 0 Å². The monoisotopic (exact) mass is 363 g/mol. The summed E-state index contributed by atoms with van der Waals surface area (Å²) in [5, 5.41) is 15.4. The normalized spacial score (nSPS) is 18.1. The third-order valence-electron chi connectivity index (χ3n) is 4.56. The van der Waals surface area contributed by atoms with Gasteiger partial charge < -0.3 is 4.74 Å². The number of nitrogens with zero attached hydrogens (tertiary/aromatic N) is 3. The maximum absolute atomic E-state index is 12.1. The van der Waals surface area contributed by atoms with Gasteiger partial charge in [0.2, 0.25) is 6.04 Å². The highest BCUT2D eigenvalue weighted by Gasteiger charge is 2.54. The number of benzene rings is 2. The van der Waals surface area contributed by atoms with Gasteiger partial charge in [0, 0.05) is 28.7 Å². The third-order valence-corrected chi connectivity index (χ3v) is 4.56. The van der Waals surface area contributed by atoms with E-state index >= 15 is 0 Å². The smallest absolute Gasteiger partial charge is 0.316 e. The Balaban J connectivity index is 1.58. The first-order chi connectivity index (χ1) is 13.1. The lowest BCUT2D eigenvalue weighted by Gasteiger charge is -2.04. The number of carbonyl (C=O) groups is 1. The molecule has 1 heterocycles. The van der Waals surface area contributed by atoms with Crippen molar-refractivity contribution < 1.29 is 14.5 Å². The van der Waals surface area contributed by atoms with Crippen molar-refractivity contribution in [3.8, 4) is 16.9 Å². The number of ether oxygens (including phenoxy) is 1. The molecule has 1 aromatic heterocycles. The number of aromatic nitrogens is 2. The molecule has 3 aromatic rings. The van der Waals surface area contributed by atoms with Crippen LogP contribution in [-0.2, 0) is 16.1 Å². The summed E-state index contributed by atoms with van der Waals surface area (Å²) in [6.45, 7) is 0.0246. The zero-order valence-corrected chi connectivity index (χ0v) is 14.4. The molecular weight excluding hydrogens is 346 g/mol. The maximum atomic E-state index is 12.1. The van der Waals surface area contributed by atoms with Gasteiger partial charge in [-0.05, 0) is 12.1 Å². The van der Waals surface area contributed by atoms with Gasteiger partial charge >= 0.3 is 5.97 Å². The molecule has 1 aliphatic rings. The zero-order chi connectivity index (χ0) is 18.8. The molecule has 0 aliphatic heterocycles. The first-order valence-corrected chi connectivity index (χ1v) is 8.63. The van der Waals surface area contributed by atoms with Gasteiger partial charge in [-0.1, -0.05) is 48.5 Å². The van der Waals surface area contributed by atoms with Crippen molar-refractivity contribution >= 4 is 5.97 Å². The summed E-state index contributed by atoms with van der Waals surface area (Å²) in [6, 6.07) is 18.5. The van der Waals surface area contributed by atoms with Crippen molar-refractivity contribution in [1.82, 2.24) is 9.78 Å². The zero-order valence-electron chi connectivity index (χ0n) is 14.4. The number of para-hydroxylation sites is 1. The molecule has 0 N–H and O–H groups in total. The number of hydrogen-bond acceptors (Lipinski definition) is 5. The molecule has 2 atom stereocenters. The fraction of sp³-hybridized carbons (Fsp3) is 0.200. The van der Waals surface area contributed by atoms with E-state index in [4.69, 9.17) is 4.74 Å². The second kappa shape index (κ2) is 7.03. The van der Waals surface area contributed by atoms with Gasteiger partial charge in [-0.15, -0.1) is 0 Å². The van der Waals surface area contributed by atoms with Gasteiger partial charge in [-0.25, -0.2) is 4.68 Å². The third kappa shape index (κ3) is 3.57. The molecule has 1 fully saturated rings. The Bertz CT molecular complexity index is 969. The number of nitro groups is 1. The van der Waals surface area contributed by atoms with Gasteiger partial charge in [0.05, 0.1) is 11.4 Å². The first kappa shape index (κ1) is 17.0. The highest BCUT2D eigenvalue weighted by atomic mass is 16.6. The number of carbonyl (C=O) groups excluding carboxylic acids is 1. The molecule has 136 valence electrons. The Morgan fingerprint density at radius 2 is 1.81 bits per heavy atom. The fourth-order valence-electron chi connectivity index (χ4n) is 2.99. The molecule has 0 amide bonds. The fourth-order valence-corrected chi connectivity index (χ4v) is 2.99. The van der Waals surface area contributed by atoms with E-state index in [1.54, 1.807) is 4.68 Å². The van der Waals surface area contributed by atoms with E-state index in [2.05, 4.69) is 5.10 Å². The largest absolute Gasteiger partial charge is 0.460 e. The molecule has 1 aliphatic carbocycles. The van der Waals surface area contributed by atoms with Crippen LogP contribution in [0.1, 0.15) is 12.0 Å². The van der Waals surface area contributed by atoms with Crippen molar-refractivity contribution in [3.05, 3.63) is 82.5 Å². The summed E-state index contributed by atoms with van der Waals surface area (Å²) in [7, 11) is 0. The Labute approximate surface area is 155 Å².